The second kappa shape index (κ2) is 5.75. The lowest BCUT2D eigenvalue weighted by atomic mass is 9.55. The lowest BCUT2D eigenvalue weighted by molar-refractivity contribution is 0.0980. The summed E-state index contributed by atoms with van der Waals surface area (Å²) in [7, 11) is 0. The predicted octanol–water partition coefficient (Wildman–Crippen LogP) is 3.72. The maximum Gasteiger partial charge on any atom is 0.433 e. The fraction of sp³-hybridized carbons (Fsp3) is 0.556. The van der Waals surface area contributed by atoms with E-state index in [0.29, 0.717) is 18.4 Å². The zero-order valence-corrected chi connectivity index (χ0v) is 12.7. The smallest absolute Gasteiger partial charge is 0.316 e. The van der Waals surface area contributed by atoms with Gasteiger partial charge in [0.2, 0.25) is 0 Å². The Hall–Kier alpha value is -1.84. The van der Waals surface area contributed by atoms with Gasteiger partial charge in [0.15, 0.2) is 0 Å². The maximum atomic E-state index is 11.8. The SMILES string of the molecule is O=C(NCc1ccccc1)ON=C1C2CC3CC(C2)CC1C3. The van der Waals surface area contributed by atoms with E-state index in [1.165, 1.54) is 32.1 Å². The van der Waals surface area contributed by atoms with Gasteiger partial charge in [-0.15, -0.1) is 0 Å². The van der Waals surface area contributed by atoms with Crippen LogP contribution >= 0.6 is 0 Å². The Bertz CT molecular complexity index is 552. The second-order valence-corrected chi connectivity index (χ2v) is 7.04. The van der Waals surface area contributed by atoms with Crippen LogP contribution in [0.5, 0.6) is 0 Å². The summed E-state index contributed by atoms with van der Waals surface area (Å²) in [6.45, 7) is 0.474. The van der Waals surface area contributed by atoms with E-state index < -0.39 is 6.09 Å². The first-order chi connectivity index (χ1) is 10.8. The van der Waals surface area contributed by atoms with Crippen molar-refractivity contribution in [2.75, 3.05) is 0 Å². The highest BCUT2D eigenvalue weighted by molar-refractivity contribution is 5.90. The Labute approximate surface area is 130 Å². The van der Waals surface area contributed by atoms with Crippen molar-refractivity contribution in [3.63, 3.8) is 0 Å². The minimum Gasteiger partial charge on any atom is -0.316 e. The molecular formula is C18H22N2O2. The lowest BCUT2D eigenvalue weighted by Crippen LogP contribution is -2.45. The van der Waals surface area contributed by atoms with Gasteiger partial charge < -0.3 is 5.32 Å². The Morgan fingerprint density at radius 1 is 1.05 bits per heavy atom. The van der Waals surface area contributed by atoms with E-state index in [1.54, 1.807) is 0 Å². The average molecular weight is 298 g/mol. The van der Waals surface area contributed by atoms with Crippen LogP contribution in [0, 0.1) is 23.7 Å². The fourth-order valence-corrected chi connectivity index (χ4v) is 4.71. The van der Waals surface area contributed by atoms with Gasteiger partial charge in [-0.25, -0.2) is 4.79 Å². The van der Waals surface area contributed by atoms with E-state index in [1.807, 2.05) is 30.3 Å². The highest BCUT2D eigenvalue weighted by Crippen LogP contribution is 2.52. The average Bonchev–Trinajstić information content (AvgIpc) is 2.52. The lowest BCUT2D eigenvalue weighted by Gasteiger charge is -2.49. The van der Waals surface area contributed by atoms with Crippen molar-refractivity contribution in [2.45, 2.75) is 38.6 Å². The minimum atomic E-state index is -0.454. The van der Waals surface area contributed by atoms with Gasteiger partial charge >= 0.3 is 6.09 Å². The summed E-state index contributed by atoms with van der Waals surface area (Å²) >= 11 is 0. The quantitative estimate of drug-likeness (QED) is 0.683. The Morgan fingerprint density at radius 2 is 1.68 bits per heavy atom. The molecule has 4 aliphatic rings. The number of rotatable bonds is 3. The van der Waals surface area contributed by atoms with E-state index in [0.717, 1.165) is 23.1 Å². The highest BCUT2D eigenvalue weighted by Gasteiger charge is 2.46. The number of hydrogen-bond donors (Lipinski definition) is 1. The molecule has 0 aliphatic heterocycles. The summed E-state index contributed by atoms with van der Waals surface area (Å²) < 4.78 is 0. The van der Waals surface area contributed by atoms with Crippen molar-refractivity contribution in [3.05, 3.63) is 35.9 Å². The number of benzene rings is 1. The zero-order valence-electron chi connectivity index (χ0n) is 12.7. The molecule has 4 fully saturated rings. The summed E-state index contributed by atoms with van der Waals surface area (Å²) in [6.07, 6.45) is 5.97. The van der Waals surface area contributed by atoms with Crippen LogP contribution in [0.2, 0.25) is 0 Å². The van der Waals surface area contributed by atoms with Gasteiger partial charge in [-0.2, -0.15) is 0 Å². The summed E-state index contributed by atoms with van der Waals surface area (Å²) in [4.78, 5) is 16.9. The molecule has 22 heavy (non-hydrogen) atoms. The summed E-state index contributed by atoms with van der Waals surface area (Å²) in [6, 6.07) is 9.82. The first-order valence-electron chi connectivity index (χ1n) is 8.34. The summed E-state index contributed by atoms with van der Waals surface area (Å²) in [5.74, 6) is 2.93. The van der Waals surface area contributed by atoms with E-state index in [4.69, 9.17) is 4.84 Å². The van der Waals surface area contributed by atoms with Gasteiger partial charge in [0, 0.05) is 18.4 Å². The third kappa shape index (κ3) is 2.74. The Balaban J connectivity index is 1.33. The number of hydrogen-bond acceptors (Lipinski definition) is 3. The van der Waals surface area contributed by atoms with E-state index in [2.05, 4.69) is 10.5 Å². The molecule has 4 aliphatic carbocycles. The molecule has 0 unspecified atom stereocenters. The van der Waals surface area contributed by atoms with Gasteiger partial charge in [0.05, 0.1) is 5.71 Å². The zero-order chi connectivity index (χ0) is 14.9. The van der Waals surface area contributed by atoms with Crippen LogP contribution in [0.15, 0.2) is 35.5 Å². The molecule has 1 aromatic carbocycles. The van der Waals surface area contributed by atoms with Crippen LogP contribution < -0.4 is 5.32 Å². The van der Waals surface area contributed by atoms with Crippen molar-refractivity contribution in [1.29, 1.82) is 0 Å². The molecule has 0 atom stereocenters. The largest absolute Gasteiger partial charge is 0.433 e. The Kier molecular flexibility index (Phi) is 3.60. The molecule has 0 aromatic heterocycles. The Morgan fingerprint density at radius 3 is 2.32 bits per heavy atom. The van der Waals surface area contributed by atoms with Gasteiger partial charge in [0.1, 0.15) is 0 Å². The summed E-state index contributed by atoms with van der Waals surface area (Å²) in [5, 5.41) is 6.99. The monoisotopic (exact) mass is 298 g/mol. The number of oxime groups is 1. The van der Waals surface area contributed by atoms with Crippen LogP contribution in [-0.4, -0.2) is 11.8 Å². The normalized spacial score (nSPS) is 31.9. The molecule has 4 nitrogen and oxygen atoms in total. The first kappa shape index (κ1) is 13.8. The molecule has 1 amide bonds. The van der Waals surface area contributed by atoms with Crippen molar-refractivity contribution in [2.24, 2.45) is 28.8 Å². The third-order valence-electron chi connectivity index (χ3n) is 5.49. The molecule has 1 aromatic rings. The molecule has 4 heteroatoms. The van der Waals surface area contributed by atoms with E-state index in [-0.39, 0.29) is 0 Å². The second-order valence-electron chi connectivity index (χ2n) is 7.04. The fourth-order valence-electron chi connectivity index (χ4n) is 4.71. The molecule has 1 N–H and O–H groups in total. The van der Waals surface area contributed by atoms with Crippen LogP contribution in [0.25, 0.3) is 0 Å². The van der Waals surface area contributed by atoms with Crippen molar-refractivity contribution >= 4 is 11.8 Å². The van der Waals surface area contributed by atoms with E-state index in [9.17, 15) is 4.79 Å². The number of amides is 1. The molecule has 0 spiro atoms. The summed E-state index contributed by atoms with van der Waals surface area (Å²) in [5.41, 5.74) is 2.21. The molecule has 4 bridgehead atoms. The molecule has 0 saturated heterocycles. The standard InChI is InChI=1S/C18H22N2O2/c21-18(19-11-12-4-2-1-3-5-12)22-20-17-15-7-13-6-14(9-15)10-16(17)8-13/h1-5,13-16H,6-11H2,(H,19,21). The van der Waals surface area contributed by atoms with Gasteiger partial charge in [-0.05, 0) is 49.5 Å². The molecular weight excluding hydrogens is 276 g/mol. The van der Waals surface area contributed by atoms with Crippen molar-refractivity contribution in [3.8, 4) is 0 Å². The maximum absolute atomic E-state index is 11.8. The van der Waals surface area contributed by atoms with Gasteiger partial charge in [0.25, 0.3) is 0 Å². The van der Waals surface area contributed by atoms with Crippen molar-refractivity contribution in [1.82, 2.24) is 5.32 Å². The van der Waals surface area contributed by atoms with Crippen LogP contribution in [-0.2, 0) is 11.4 Å². The molecule has 0 radical (unpaired) electrons. The molecule has 4 saturated carbocycles. The number of nitrogens with zero attached hydrogens (tertiary/aromatic N) is 1. The van der Waals surface area contributed by atoms with Crippen LogP contribution in [0.1, 0.15) is 37.7 Å². The topological polar surface area (TPSA) is 50.7 Å². The third-order valence-corrected chi connectivity index (χ3v) is 5.49. The highest BCUT2D eigenvalue weighted by atomic mass is 16.7. The van der Waals surface area contributed by atoms with Crippen LogP contribution in [0.3, 0.4) is 0 Å². The minimum absolute atomic E-state index is 0.454. The van der Waals surface area contributed by atoms with E-state index >= 15 is 0 Å². The predicted molar refractivity (Wildman–Crippen MR) is 84.2 cm³/mol. The molecule has 5 rings (SSSR count). The number of carbonyl (C=O) groups is 1. The molecule has 0 heterocycles. The number of carbonyl (C=O) groups excluding carboxylic acids is 1. The van der Waals surface area contributed by atoms with Crippen LogP contribution in [0.4, 0.5) is 4.79 Å². The van der Waals surface area contributed by atoms with Crippen molar-refractivity contribution < 1.29 is 9.63 Å². The molecule has 116 valence electrons. The number of nitrogens with one attached hydrogen (secondary N) is 1. The first-order valence-corrected chi connectivity index (χ1v) is 8.34. The van der Waals surface area contributed by atoms with Gasteiger partial charge in [-0.3, -0.25) is 4.84 Å². The van der Waals surface area contributed by atoms with Gasteiger partial charge in [-0.1, -0.05) is 35.5 Å².